The minimum Gasteiger partial charge on any atom is -0.408 e. The Morgan fingerprint density at radius 1 is 1.31 bits per heavy atom. The predicted molar refractivity (Wildman–Crippen MR) is 55.0 cm³/mol. The highest BCUT2D eigenvalue weighted by Crippen LogP contribution is 2.12. The number of anilines is 1. The third kappa shape index (κ3) is 1.79. The highest BCUT2D eigenvalue weighted by atomic mass is 16.4. The van der Waals surface area contributed by atoms with Crippen LogP contribution in [0.4, 0.5) is 6.01 Å². The number of nitrogens with one attached hydrogen (secondary N) is 2. The molecule has 0 fully saturated rings. The highest BCUT2D eigenvalue weighted by molar-refractivity contribution is 6.04. The number of aryl methyl sites for hydroxylation is 3. The van der Waals surface area contributed by atoms with Gasteiger partial charge in [-0.15, -0.1) is 5.10 Å². The van der Waals surface area contributed by atoms with E-state index in [-0.39, 0.29) is 11.9 Å². The molecule has 0 radical (unpaired) electrons. The smallest absolute Gasteiger partial charge is 0.322 e. The predicted octanol–water partition coefficient (Wildman–Crippen LogP) is 0.970. The van der Waals surface area contributed by atoms with E-state index in [1.165, 1.54) is 0 Å². The van der Waals surface area contributed by atoms with E-state index in [0.717, 1.165) is 0 Å². The maximum Gasteiger partial charge on any atom is 0.322 e. The van der Waals surface area contributed by atoms with E-state index in [0.29, 0.717) is 22.8 Å². The van der Waals surface area contributed by atoms with Crippen molar-refractivity contribution in [2.45, 2.75) is 20.8 Å². The molecule has 0 saturated carbocycles. The summed E-state index contributed by atoms with van der Waals surface area (Å²) in [5.74, 6) is 0.0864. The standard InChI is InChI=1S/C9H11N5O2/c1-4-7(5(2)12-11-4)8(15)10-9-14-13-6(3)16-9/h1-3H3,(H,11,12)(H,10,14,15). The fraction of sp³-hybridized carbons (Fsp3) is 0.333. The van der Waals surface area contributed by atoms with Crippen LogP contribution in [-0.2, 0) is 0 Å². The van der Waals surface area contributed by atoms with E-state index >= 15 is 0 Å². The van der Waals surface area contributed by atoms with Crippen molar-refractivity contribution < 1.29 is 9.21 Å². The first-order valence-electron chi connectivity index (χ1n) is 4.71. The molecule has 16 heavy (non-hydrogen) atoms. The fourth-order valence-corrected chi connectivity index (χ4v) is 1.39. The molecule has 0 aliphatic carbocycles. The Kier molecular flexibility index (Phi) is 2.43. The number of aromatic amines is 1. The number of amides is 1. The van der Waals surface area contributed by atoms with E-state index in [9.17, 15) is 4.79 Å². The van der Waals surface area contributed by atoms with Gasteiger partial charge < -0.3 is 4.42 Å². The summed E-state index contributed by atoms with van der Waals surface area (Å²) in [6.07, 6.45) is 0. The first kappa shape index (κ1) is 10.3. The van der Waals surface area contributed by atoms with Gasteiger partial charge in [-0.25, -0.2) is 0 Å². The van der Waals surface area contributed by atoms with E-state index in [2.05, 4.69) is 25.7 Å². The SMILES string of the molecule is Cc1nnc(NC(=O)c2c(C)n[nH]c2C)o1. The van der Waals surface area contributed by atoms with Gasteiger partial charge in [0.15, 0.2) is 0 Å². The monoisotopic (exact) mass is 221 g/mol. The van der Waals surface area contributed by atoms with E-state index in [4.69, 9.17) is 4.42 Å². The second-order valence-corrected chi connectivity index (χ2v) is 3.39. The van der Waals surface area contributed by atoms with Crippen LogP contribution >= 0.6 is 0 Å². The summed E-state index contributed by atoms with van der Waals surface area (Å²) in [6, 6.07) is 0.0856. The summed E-state index contributed by atoms with van der Waals surface area (Å²) >= 11 is 0. The summed E-state index contributed by atoms with van der Waals surface area (Å²) in [5.41, 5.74) is 1.83. The van der Waals surface area contributed by atoms with Crippen molar-refractivity contribution in [1.29, 1.82) is 0 Å². The third-order valence-corrected chi connectivity index (χ3v) is 2.10. The molecular formula is C9H11N5O2. The van der Waals surface area contributed by atoms with Crippen LogP contribution in [-0.4, -0.2) is 26.3 Å². The number of carbonyl (C=O) groups excluding carboxylic acids is 1. The van der Waals surface area contributed by atoms with Gasteiger partial charge in [0.2, 0.25) is 5.89 Å². The van der Waals surface area contributed by atoms with Crippen LogP contribution in [0.5, 0.6) is 0 Å². The van der Waals surface area contributed by atoms with Crippen molar-refractivity contribution in [3.8, 4) is 0 Å². The fourth-order valence-electron chi connectivity index (χ4n) is 1.39. The quantitative estimate of drug-likeness (QED) is 0.787. The van der Waals surface area contributed by atoms with Gasteiger partial charge in [-0.2, -0.15) is 5.10 Å². The van der Waals surface area contributed by atoms with E-state index in [1.807, 2.05) is 0 Å². The number of nitrogens with zero attached hydrogens (tertiary/aromatic N) is 3. The number of rotatable bonds is 2. The molecule has 2 N–H and O–H groups in total. The molecule has 2 aromatic heterocycles. The van der Waals surface area contributed by atoms with Crippen LogP contribution < -0.4 is 5.32 Å². The Morgan fingerprint density at radius 2 is 2.06 bits per heavy atom. The molecule has 0 bridgehead atoms. The number of aromatic nitrogens is 4. The van der Waals surface area contributed by atoms with Crippen LogP contribution in [0.25, 0.3) is 0 Å². The lowest BCUT2D eigenvalue weighted by atomic mass is 10.2. The van der Waals surface area contributed by atoms with Gasteiger partial charge in [0.25, 0.3) is 5.91 Å². The number of hydrogen-bond donors (Lipinski definition) is 2. The molecular weight excluding hydrogens is 210 g/mol. The van der Waals surface area contributed by atoms with Gasteiger partial charge in [-0.1, -0.05) is 5.10 Å². The van der Waals surface area contributed by atoms with Crippen molar-refractivity contribution >= 4 is 11.9 Å². The molecule has 0 saturated heterocycles. The van der Waals surface area contributed by atoms with Gasteiger partial charge >= 0.3 is 6.01 Å². The van der Waals surface area contributed by atoms with Gasteiger partial charge in [0.05, 0.1) is 11.3 Å². The van der Waals surface area contributed by atoms with Gasteiger partial charge in [-0.05, 0) is 13.8 Å². The number of hydrogen-bond acceptors (Lipinski definition) is 5. The summed E-state index contributed by atoms with van der Waals surface area (Å²) in [5, 5.41) is 16.5. The lowest BCUT2D eigenvalue weighted by molar-refractivity contribution is 0.102. The zero-order valence-electron chi connectivity index (χ0n) is 9.16. The second-order valence-electron chi connectivity index (χ2n) is 3.39. The molecule has 7 nitrogen and oxygen atoms in total. The van der Waals surface area contributed by atoms with Crippen LogP contribution in [0, 0.1) is 20.8 Å². The normalized spacial score (nSPS) is 10.4. The molecule has 7 heteroatoms. The van der Waals surface area contributed by atoms with Crippen LogP contribution in [0.2, 0.25) is 0 Å². The summed E-state index contributed by atoms with van der Waals surface area (Å²) in [7, 11) is 0. The second kappa shape index (κ2) is 3.76. The molecule has 84 valence electrons. The summed E-state index contributed by atoms with van der Waals surface area (Å²) < 4.78 is 5.05. The Bertz CT molecular complexity index is 508. The van der Waals surface area contributed by atoms with Crippen LogP contribution in [0.3, 0.4) is 0 Å². The largest absolute Gasteiger partial charge is 0.408 e. The average molecular weight is 221 g/mol. The molecule has 0 unspecified atom stereocenters. The van der Waals surface area contributed by atoms with Crippen molar-refractivity contribution in [2.75, 3.05) is 5.32 Å². The van der Waals surface area contributed by atoms with Crippen LogP contribution in [0.15, 0.2) is 4.42 Å². The van der Waals surface area contributed by atoms with Crippen molar-refractivity contribution in [3.05, 3.63) is 22.8 Å². The minimum absolute atomic E-state index is 0.0856. The Labute approximate surface area is 91.3 Å². The first-order chi connectivity index (χ1) is 7.58. The Morgan fingerprint density at radius 3 is 2.56 bits per heavy atom. The lowest BCUT2D eigenvalue weighted by Gasteiger charge is -1.99. The molecule has 2 rings (SSSR count). The van der Waals surface area contributed by atoms with Gasteiger partial charge in [-0.3, -0.25) is 15.2 Å². The molecule has 0 spiro atoms. The molecule has 0 atom stereocenters. The summed E-state index contributed by atoms with van der Waals surface area (Å²) in [4.78, 5) is 11.8. The maximum atomic E-state index is 11.8. The molecule has 2 heterocycles. The van der Waals surface area contributed by atoms with E-state index < -0.39 is 0 Å². The molecule has 1 amide bonds. The number of carbonyl (C=O) groups is 1. The Hall–Kier alpha value is -2.18. The third-order valence-electron chi connectivity index (χ3n) is 2.10. The summed E-state index contributed by atoms with van der Waals surface area (Å²) in [6.45, 7) is 5.17. The molecule has 2 aromatic rings. The lowest BCUT2D eigenvalue weighted by Crippen LogP contribution is -2.13. The van der Waals surface area contributed by atoms with Crippen LogP contribution in [0.1, 0.15) is 27.6 Å². The molecule has 0 aliphatic heterocycles. The molecule has 0 aromatic carbocycles. The number of H-pyrrole nitrogens is 1. The average Bonchev–Trinajstić information content (AvgIpc) is 2.74. The van der Waals surface area contributed by atoms with E-state index in [1.54, 1.807) is 20.8 Å². The Balaban J connectivity index is 2.21. The van der Waals surface area contributed by atoms with Crippen molar-refractivity contribution in [1.82, 2.24) is 20.4 Å². The first-order valence-corrected chi connectivity index (χ1v) is 4.71. The zero-order valence-corrected chi connectivity index (χ0v) is 9.16. The van der Waals surface area contributed by atoms with Gasteiger partial charge in [0, 0.05) is 12.6 Å². The van der Waals surface area contributed by atoms with Gasteiger partial charge in [0.1, 0.15) is 0 Å². The molecule has 0 aliphatic rings. The highest BCUT2D eigenvalue weighted by Gasteiger charge is 2.17. The zero-order chi connectivity index (χ0) is 11.7. The minimum atomic E-state index is -0.313. The topological polar surface area (TPSA) is 96.7 Å². The van der Waals surface area contributed by atoms with Crippen molar-refractivity contribution in [3.63, 3.8) is 0 Å². The van der Waals surface area contributed by atoms with Crippen molar-refractivity contribution in [2.24, 2.45) is 0 Å². The maximum absolute atomic E-state index is 11.8.